The quantitative estimate of drug-likeness (QED) is 0.787. The van der Waals surface area contributed by atoms with Crippen molar-refractivity contribution in [2.75, 3.05) is 19.7 Å². The van der Waals surface area contributed by atoms with E-state index in [1.54, 1.807) is 4.90 Å². The number of aromatic nitrogens is 3. The summed E-state index contributed by atoms with van der Waals surface area (Å²) in [5, 5.41) is 7.89. The minimum atomic E-state index is -0.485. The number of hydrogen-bond acceptors (Lipinski definition) is 5. The molecule has 7 heteroatoms. The lowest BCUT2D eigenvalue weighted by molar-refractivity contribution is -0.153. The summed E-state index contributed by atoms with van der Waals surface area (Å²) in [6, 6.07) is 7.37. The maximum absolute atomic E-state index is 11.9. The summed E-state index contributed by atoms with van der Waals surface area (Å²) in [6.07, 6.45) is 3.19. The average molecular weight is 302 g/mol. The third kappa shape index (κ3) is 3.24. The van der Waals surface area contributed by atoms with E-state index >= 15 is 0 Å². The standard InChI is InChI=1S/C15H18N4O3/c20-14(18-8-4-1-5-9-18)11-22-15(21)10-19-13-7-3-2-6-12(13)16-17-19/h2-3,6-7H,1,4-5,8-11H2. The van der Waals surface area contributed by atoms with E-state index in [1.165, 1.54) is 4.68 Å². The van der Waals surface area contributed by atoms with Crippen LogP contribution in [0.2, 0.25) is 0 Å². The van der Waals surface area contributed by atoms with Gasteiger partial charge in [-0.1, -0.05) is 17.3 Å². The van der Waals surface area contributed by atoms with Crippen molar-refractivity contribution in [2.24, 2.45) is 0 Å². The van der Waals surface area contributed by atoms with E-state index < -0.39 is 5.97 Å². The normalized spacial score (nSPS) is 15.0. The maximum Gasteiger partial charge on any atom is 0.328 e. The molecule has 22 heavy (non-hydrogen) atoms. The molecule has 1 saturated heterocycles. The zero-order chi connectivity index (χ0) is 15.4. The van der Waals surface area contributed by atoms with E-state index in [1.807, 2.05) is 24.3 Å². The number of ether oxygens (including phenoxy) is 1. The Morgan fingerprint density at radius 3 is 2.73 bits per heavy atom. The molecule has 0 N–H and O–H groups in total. The van der Waals surface area contributed by atoms with Gasteiger partial charge in [0.1, 0.15) is 12.1 Å². The monoisotopic (exact) mass is 302 g/mol. The number of piperidine rings is 1. The lowest BCUT2D eigenvalue weighted by Gasteiger charge is -2.26. The van der Waals surface area contributed by atoms with Crippen LogP contribution in [0.4, 0.5) is 0 Å². The largest absolute Gasteiger partial charge is 0.454 e. The van der Waals surface area contributed by atoms with Crippen molar-refractivity contribution in [1.82, 2.24) is 19.9 Å². The SMILES string of the molecule is O=C(Cn1nnc2ccccc21)OCC(=O)N1CCCCC1. The van der Waals surface area contributed by atoms with Gasteiger partial charge in [0.2, 0.25) is 0 Å². The summed E-state index contributed by atoms with van der Waals surface area (Å²) in [6.45, 7) is 1.26. The molecule has 7 nitrogen and oxygen atoms in total. The molecule has 0 aliphatic carbocycles. The maximum atomic E-state index is 11.9. The second-order valence-corrected chi connectivity index (χ2v) is 5.34. The van der Waals surface area contributed by atoms with Gasteiger partial charge in [0.05, 0.1) is 5.52 Å². The number of amides is 1. The Morgan fingerprint density at radius 2 is 1.91 bits per heavy atom. The molecule has 2 aromatic rings. The van der Waals surface area contributed by atoms with Gasteiger partial charge in [-0.15, -0.1) is 5.10 Å². The number of fused-ring (bicyclic) bond motifs is 1. The van der Waals surface area contributed by atoms with Gasteiger partial charge in [-0.3, -0.25) is 9.59 Å². The van der Waals surface area contributed by atoms with Gasteiger partial charge in [0, 0.05) is 13.1 Å². The molecule has 3 rings (SSSR count). The highest BCUT2D eigenvalue weighted by Crippen LogP contribution is 2.10. The van der Waals surface area contributed by atoms with E-state index in [0.29, 0.717) is 0 Å². The van der Waals surface area contributed by atoms with E-state index in [0.717, 1.165) is 43.4 Å². The lowest BCUT2D eigenvalue weighted by Crippen LogP contribution is -2.38. The van der Waals surface area contributed by atoms with Crippen LogP contribution in [0.5, 0.6) is 0 Å². The molecule has 0 bridgehead atoms. The van der Waals surface area contributed by atoms with Crippen molar-refractivity contribution in [1.29, 1.82) is 0 Å². The van der Waals surface area contributed by atoms with Crippen molar-refractivity contribution in [3.8, 4) is 0 Å². The van der Waals surface area contributed by atoms with Crippen LogP contribution in [0.3, 0.4) is 0 Å². The number of benzene rings is 1. The zero-order valence-electron chi connectivity index (χ0n) is 12.3. The van der Waals surface area contributed by atoms with Gasteiger partial charge in [-0.2, -0.15) is 0 Å². The third-order valence-corrected chi connectivity index (χ3v) is 3.76. The second-order valence-electron chi connectivity index (χ2n) is 5.34. The highest BCUT2D eigenvalue weighted by Gasteiger charge is 2.18. The first-order chi connectivity index (χ1) is 10.7. The Kier molecular flexibility index (Phi) is 4.32. The summed E-state index contributed by atoms with van der Waals surface area (Å²) in [7, 11) is 0. The highest BCUT2D eigenvalue weighted by atomic mass is 16.5. The van der Waals surface area contributed by atoms with Crippen molar-refractivity contribution in [2.45, 2.75) is 25.8 Å². The molecule has 0 saturated carbocycles. The Bertz CT molecular complexity index is 676. The predicted octanol–water partition coefficient (Wildman–Crippen LogP) is 0.987. The first-order valence-electron chi connectivity index (χ1n) is 7.46. The zero-order valence-corrected chi connectivity index (χ0v) is 12.3. The van der Waals surface area contributed by atoms with E-state index in [2.05, 4.69) is 10.3 Å². The Morgan fingerprint density at radius 1 is 1.14 bits per heavy atom. The van der Waals surface area contributed by atoms with Crippen molar-refractivity contribution in [3.63, 3.8) is 0 Å². The van der Waals surface area contributed by atoms with E-state index in [9.17, 15) is 9.59 Å². The van der Waals surface area contributed by atoms with Crippen LogP contribution >= 0.6 is 0 Å². The first kappa shape index (κ1) is 14.5. The summed E-state index contributed by atoms with van der Waals surface area (Å²) in [5.41, 5.74) is 1.49. The van der Waals surface area contributed by atoms with E-state index in [-0.39, 0.29) is 19.1 Å². The van der Waals surface area contributed by atoms with Gasteiger partial charge in [0.25, 0.3) is 5.91 Å². The minimum Gasteiger partial charge on any atom is -0.454 e. The lowest BCUT2D eigenvalue weighted by atomic mass is 10.1. The molecule has 1 aliphatic heterocycles. The molecular weight excluding hydrogens is 284 g/mol. The van der Waals surface area contributed by atoms with Crippen molar-refractivity contribution < 1.29 is 14.3 Å². The first-order valence-corrected chi connectivity index (χ1v) is 7.46. The Labute approximate surface area is 127 Å². The van der Waals surface area contributed by atoms with Gasteiger partial charge in [0.15, 0.2) is 6.61 Å². The molecule has 1 aromatic heterocycles. The molecule has 0 atom stereocenters. The molecule has 1 aliphatic rings. The summed E-state index contributed by atoms with van der Waals surface area (Å²) in [4.78, 5) is 25.5. The smallest absolute Gasteiger partial charge is 0.328 e. The second kappa shape index (κ2) is 6.55. The fourth-order valence-corrected chi connectivity index (χ4v) is 2.58. The summed E-state index contributed by atoms with van der Waals surface area (Å²) >= 11 is 0. The predicted molar refractivity (Wildman–Crippen MR) is 78.9 cm³/mol. The number of esters is 1. The van der Waals surface area contributed by atoms with Crippen LogP contribution in [-0.2, 0) is 20.9 Å². The van der Waals surface area contributed by atoms with Gasteiger partial charge >= 0.3 is 5.97 Å². The topological polar surface area (TPSA) is 77.3 Å². The average Bonchev–Trinajstić information content (AvgIpc) is 2.97. The minimum absolute atomic E-state index is 0.0478. The van der Waals surface area contributed by atoms with Crippen molar-refractivity contribution >= 4 is 22.9 Å². The van der Waals surface area contributed by atoms with Crippen LogP contribution in [0.25, 0.3) is 11.0 Å². The number of carbonyl (C=O) groups excluding carboxylic acids is 2. The number of para-hydroxylation sites is 1. The third-order valence-electron chi connectivity index (χ3n) is 3.76. The fourth-order valence-electron chi connectivity index (χ4n) is 2.58. The summed E-state index contributed by atoms with van der Waals surface area (Å²) in [5.74, 6) is -0.613. The fraction of sp³-hybridized carbons (Fsp3) is 0.467. The van der Waals surface area contributed by atoms with Crippen LogP contribution < -0.4 is 0 Å². The molecule has 1 aromatic carbocycles. The van der Waals surface area contributed by atoms with Gasteiger partial charge < -0.3 is 9.64 Å². The van der Waals surface area contributed by atoms with Crippen LogP contribution in [-0.4, -0.2) is 51.5 Å². The number of likely N-dealkylation sites (tertiary alicyclic amines) is 1. The van der Waals surface area contributed by atoms with E-state index in [4.69, 9.17) is 4.74 Å². The highest BCUT2D eigenvalue weighted by molar-refractivity contribution is 5.81. The molecule has 1 fully saturated rings. The van der Waals surface area contributed by atoms with Crippen molar-refractivity contribution in [3.05, 3.63) is 24.3 Å². The number of rotatable bonds is 4. The van der Waals surface area contributed by atoms with Gasteiger partial charge in [-0.05, 0) is 31.4 Å². The molecule has 0 spiro atoms. The molecule has 2 heterocycles. The Balaban J connectivity index is 1.53. The number of carbonyl (C=O) groups is 2. The molecular formula is C15H18N4O3. The number of nitrogens with zero attached hydrogens (tertiary/aromatic N) is 4. The Hall–Kier alpha value is -2.44. The van der Waals surface area contributed by atoms with Crippen LogP contribution in [0, 0.1) is 0 Å². The van der Waals surface area contributed by atoms with Crippen LogP contribution in [0.15, 0.2) is 24.3 Å². The van der Waals surface area contributed by atoms with Crippen LogP contribution in [0.1, 0.15) is 19.3 Å². The summed E-state index contributed by atoms with van der Waals surface area (Å²) < 4.78 is 6.54. The molecule has 0 unspecified atom stereocenters. The van der Waals surface area contributed by atoms with Gasteiger partial charge in [-0.25, -0.2) is 4.68 Å². The number of hydrogen-bond donors (Lipinski definition) is 0. The molecule has 0 radical (unpaired) electrons. The molecule has 1 amide bonds. The molecule has 116 valence electrons.